The van der Waals surface area contributed by atoms with Gasteiger partial charge in [0.05, 0.1) is 11.0 Å². The molecule has 2 nitrogen and oxygen atoms in total. The van der Waals surface area contributed by atoms with Gasteiger partial charge in [-0.2, -0.15) is 0 Å². The van der Waals surface area contributed by atoms with Gasteiger partial charge in [0.2, 0.25) is 0 Å². The molecule has 2 heterocycles. The summed E-state index contributed by atoms with van der Waals surface area (Å²) in [6.07, 6.45) is 3.72. The maximum absolute atomic E-state index is 4.54. The first-order chi connectivity index (χ1) is 10.4. The van der Waals surface area contributed by atoms with Crippen LogP contribution in [0.2, 0.25) is 0 Å². The second-order valence-corrected chi connectivity index (χ2v) is 6.21. The van der Waals surface area contributed by atoms with E-state index in [9.17, 15) is 0 Å². The third-order valence-electron chi connectivity index (χ3n) is 3.53. The molecule has 0 unspecified atom stereocenters. The Balaban J connectivity index is 0.00000144. The Labute approximate surface area is 150 Å². The number of nitrogens with zero attached hydrogens (tertiary/aromatic N) is 2. The summed E-state index contributed by atoms with van der Waals surface area (Å²) in [4.78, 5) is 9.09. The molecule has 0 aliphatic carbocycles. The van der Waals surface area contributed by atoms with E-state index >= 15 is 0 Å². The Hall–Kier alpha value is -1.39. The molecule has 0 saturated heterocycles. The zero-order valence-corrected chi connectivity index (χ0v) is 16.7. The topological polar surface area (TPSA) is 25.8 Å². The van der Waals surface area contributed by atoms with E-state index in [0.717, 1.165) is 11.0 Å². The van der Waals surface area contributed by atoms with Gasteiger partial charge in [-0.05, 0) is 12.1 Å². The molecule has 0 N–H and O–H groups in total. The summed E-state index contributed by atoms with van der Waals surface area (Å²) in [5.41, 5.74) is 2.18. The van der Waals surface area contributed by atoms with Crippen molar-refractivity contribution in [3.8, 4) is 0 Å². The van der Waals surface area contributed by atoms with E-state index in [1.807, 2.05) is 24.5 Å². The predicted octanol–water partition coefficient (Wildman–Crippen LogP) is 3.03. The first kappa shape index (κ1) is 15.5. The van der Waals surface area contributed by atoms with Crippen molar-refractivity contribution >= 4 is 68.3 Å². The molecule has 4 rings (SSSR count). The van der Waals surface area contributed by atoms with Gasteiger partial charge in [-0.1, -0.05) is 57.1 Å². The molecule has 0 fully saturated rings. The standard InChI is InChI=1S/C18H13N2P.Pb/c1-5-13-7-3-11-19-17(13)15(9-1)21-16-10-2-6-14-8-4-12-20-18(14)16;/h1-12,21H;. The van der Waals surface area contributed by atoms with E-state index in [0.29, 0.717) is 8.58 Å². The van der Waals surface area contributed by atoms with E-state index in [2.05, 4.69) is 58.5 Å². The summed E-state index contributed by atoms with van der Waals surface area (Å²) >= 11 is 0. The van der Waals surface area contributed by atoms with Crippen molar-refractivity contribution in [2.24, 2.45) is 0 Å². The Morgan fingerprint density at radius 2 is 1.05 bits per heavy atom. The normalized spacial score (nSPS) is 10.5. The van der Waals surface area contributed by atoms with Crippen molar-refractivity contribution < 1.29 is 0 Å². The molecule has 4 heteroatoms. The molecule has 2 aromatic carbocycles. The third kappa shape index (κ3) is 2.90. The Kier molecular flexibility index (Phi) is 4.79. The largest absolute Gasteiger partial charge is 0.256 e. The summed E-state index contributed by atoms with van der Waals surface area (Å²) in [6.45, 7) is 0. The molecular formula is C18H13N2PPb. The molecule has 0 spiro atoms. The number of fused-ring (bicyclic) bond motifs is 2. The minimum atomic E-state index is 0. The quantitative estimate of drug-likeness (QED) is 0.316. The molecule has 22 heavy (non-hydrogen) atoms. The summed E-state index contributed by atoms with van der Waals surface area (Å²) in [7, 11) is 0.559. The maximum Gasteiger partial charge on any atom is 0.0779 e. The van der Waals surface area contributed by atoms with E-state index in [1.165, 1.54) is 21.4 Å². The number of hydrogen-bond acceptors (Lipinski definition) is 2. The van der Waals surface area contributed by atoms with Gasteiger partial charge in [0.25, 0.3) is 0 Å². The predicted molar refractivity (Wildman–Crippen MR) is 96.8 cm³/mol. The van der Waals surface area contributed by atoms with E-state index < -0.39 is 0 Å². The van der Waals surface area contributed by atoms with Crippen molar-refractivity contribution in [3.63, 3.8) is 0 Å². The van der Waals surface area contributed by atoms with Crippen LogP contribution in [0.15, 0.2) is 73.1 Å². The second-order valence-electron chi connectivity index (χ2n) is 4.89. The second kappa shape index (κ2) is 6.80. The van der Waals surface area contributed by atoms with E-state index in [-0.39, 0.29) is 27.3 Å². The Morgan fingerprint density at radius 3 is 1.55 bits per heavy atom. The van der Waals surface area contributed by atoms with Crippen molar-refractivity contribution in [1.82, 2.24) is 9.97 Å². The van der Waals surface area contributed by atoms with Crippen LogP contribution in [0.5, 0.6) is 0 Å². The SMILES string of the molecule is [Pb].c1cnc2c(Pc3cccc4cccnc34)cccc2c1. The van der Waals surface area contributed by atoms with Crippen molar-refractivity contribution in [2.75, 3.05) is 0 Å². The van der Waals surface area contributed by atoms with Crippen LogP contribution in [0.25, 0.3) is 21.8 Å². The smallest absolute Gasteiger partial charge is 0.0779 e. The van der Waals surface area contributed by atoms with Crippen LogP contribution in [-0.2, 0) is 0 Å². The number of benzene rings is 2. The van der Waals surface area contributed by atoms with Gasteiger partial charge < -0.3 is 0 Å². The Morgan fingerprint density at radius 1 is 0.591 bits per heavy atom. The van der Waals surface area contributed by atoms with Gasteiger partial charge in [0.15, 0.2) is 0 Å². The fraction of sp³-hybridized carbons (Fsp3) is 0. The first-order valence-electron chi connectivity index (χ1n) is 6.86. The summed E-state index contributed by atoms with van der Waals surface area (Å²) in [5, 5.41) is 4.92. The van der Waals surface area contributed by atoms with Crippen LogP contribution in [0.4, 0.5) is 0 Å². The van der Waals surface area contributed by atoms with E-state index in [1.54, 1.807) is 0 Å². The van der Waals surface area contributed by atoms with Crippen LogP contribution < -0.4 is 10.6 Å². The van der Waals surface area contributed by atoms with Gasteiger partial charge in [-0.15, -0.1) is 0 Å². The average molecular weight is 495 g/mol. The van der Waals surface area contributed by atoms with Gasteiger partial charge >= 0.3 is 0 Å². The number of pyridine rings is 2. The third-order valence-corrected chi connectivity index (χ3v) is 4.88. The number of rotatable bonds is 2. The molecule has 104 valence electrons. The number of hydrogen-bond donors (Lipinski definition) is 0. The molecule has 0 aliphatic rings. The van der Waals surface area contributed by atoms with E-state index in [4.69, 9.17) is 0 Å². The molecule has 0 bridgehead atoms. The molecule has 0 aliphatic heterocycles. The summed E-state index contributed by atoms with van der Waals surface area (Å²) < 4.78 is 0. The maximum atomic E-state index is 4.54. The van der Waals surface area contributed by atoms with Crippen molar-refractivity contribution in [1.29, 1.82) is 0 Å². The number of aromatic nitrogens is 2. The van der Waals surface area contributed by atoms with Gasteiger partial charge in [-0.3, -0.25) is 9.97 Å². The average Bonchev–Trinajstić information content (AvgIpc) is 2.56. The van der Waals surface area contributed by atoms with Crippen LogP contribution in [-0.4, -0.2) is 37.3 Å². The van der Waals surface area contributed by atoms with Crippen LogP contribution in [0, 0.1) is 0 Å². The molecule has 0 atom stereocenters. The minimum absolute atomic E-state index is 0. The number of para-hydroxylation sites is 2. The zero-order valence-electron chi connectivity index (χ0n) is 11.8. The van der Waals surface area contributed by atoms with Crippen LogP contribution >= 0.6 is 8.58 Å². The molecule has 2 aromatic heterocycles. The van der Waals surface area contributed by atoms with Gasteiger partial charge in [-0.25, -0.2) is 0 Å². The fourth-order valence-corrected chi connectivity index (χ4v) is 3.86. The van der Waals surface area contributed by atoms with Crippen molar-refractivity contribution in [2.45, 2.75) is 0 Å². The molecule has 4 aromatic rings. The molecular weight excluding hydrogens is 482 g/mol. The van der Waals surface area contributed by atoms with Crippen molar-refractivity contribution in [3.05, 3.63) is 73.1 Å². The monoisotopic (exact) mass is 496 g/mol. The molecule has 0 amide bonds. The molecule has 4 radical (unpaired) electrons. The van der Waals surface area contributed by atoms with Crippen LogP contribution in [0.3, 0.4) is 0 Å². The van der Waals surface area contributed by atoms with Crippen LogP contribution in [0.1, 0.15) is 0 Å². The first-order valence-corrected chi connectivity index (χ1v) is 7.86. The summed E-state index contributed by atoms with van der Waals surface area (Å²) in [6, 6.07) is 20.9. The Bertz CT molecular complexity index is 852. The van der Waals surface area contributed by atoms with Gasteiger partial charge in [0, 0.05) is 61.1 Å². The summed E-state index contributed by atoms with van der Waals surface area (Å²) in [5.74, 6) is 0. The molecule has 0 saturated carbocycles. The fourth-order valence-electron chi connectivity index (χ4n) is 2.56. The zero-order chi connectivity index (χ0) is 14.1. The minimum Gasteiger partial charge on any atom is -0.256 e. The van der Waals surface area contributed by atoms with Gasteiger partial charge in [0.1, 0.15) is 0 Å².